The van der Waals surface area contributed by atoms with E-state index in [1.807, 2.05) is 11.5 Å². The molecule has 23 heavy (non-hydrogen) atoms. The van der Waals surface area contributed by atoms with Gasteiger partial charge >= 0.3 is 6.18 Å². The summed E-state index contributed by atoms with van der Waals surface area (Å²) in [4.78, 5) is 4.05. The summed E-state index contributed by atoms with van der Waals surface area (Å²) in [7, 11) is 0. The quantitative estimate of drug-likeness (QED) is 0.784. The minimum absolute atomic E-state index is 0.137. The molecule has 2 aromatic rings. The van der Waals surface area contributed by atoms with E-state index in [2.05, 4.69) is 24.9 Å². The number of nitrogens with zero attached hydrogens (tertiary/aromatic N) is 3. The van der Waals surface area contributed by atoms with Crippen LogP contribution in [0.3, 0.4) is 0 Å². The summed E-state index contributed by atoms with van der Waals surface area (Å²) in [6.45, 7) is 6.52. The first-order chi connectivity index (χ1) is 10.7. The van der Waals surface area contributed by atoms with Crippen LogP contribution in [0.15, 0.2) is 12.3 Å². The number of nitriles is 1. The average molecular weight is 321 g/mol. The minimum Gasteiger partial charge on any atom is -0.328 e. The van der Waals surface area contributed by atoms with Crippen LogP contribution in [0.4, 0.5) is 13.2 Å². The summed E-state index contributed by atoms with van der Waals surface area (Å²) < 4.78 is 40.7. The van der Waals surface area contributed by atoms with Crippen molar-refractivity contribution in [3.05, 3.63) is 29.1 Å². The van der Waals surface area contributed by atoms with Crippen molar-refractivity contribution >= 4 is 11.0 Å². The van der Waals surface area contributed by atoms with Crippen molar-refractivity contribution in [2.75, 3.05) is 0 Å². The average Bonchev–Trinajstić information content (AvgIpc) is 2.77. The van der Waals surface area contributed by atoms with Crippen molar-refractivity contribution in [2.45, 2.75) is 39.9 Å². The highest BCUT2D eigenvalue weighted by atomic mass is 19.4. The standard InChI is InChI=1S/C17H18F3N3/c1-9(2)13-5-15-10(3)14-4-12(17(18,19)20)7-22-16(14)23(15)8-11(13)6-21/h4,7,9,11,13H,5,8H2,1-3H3. The zero-order valence-electron chi connectivity index (χ0n) is 13.3. The van der Waals surface area contributed by atoms with Crippen LogP contribution in [-0.4, -0.2) is 9.55 Å². The molecule has 3 heterocycles. The molecule has 2 unspecified atom stereocenters. The molecule has 0 N–H and O–H groups in total. The van der Waals surface area contributed by atoms with Gasteiger partial charge < -0.3 is 4.57 Å². The Hall–Kier alpha value is -2.03. The number of fused-ring (bicyclic) bond motifs is 3. The molecule has 0 saturated heterocycles. The summed E-state index contributed by atoms with van der Waals surface area (Å²) >= 11 is 0. The molecule has 0 radical (unpaired) electrons. The normalized spacial score (nSPS) is 21.5. The van der Waals surface area contributed by atoms with Crippen LogP contribution < -0.4 is 0 Å². The molecule has 0 fully saturated rings. The van der Waals surface area contributed by atoms with Gasteiger partial charge in [0.25, 0.3) is 0 Å². The summed E-state index contributed by atoms with van der Waals surface area (Å²) in [5, 5.41) is 9.97. The van der Waals surface area contributed by atoms with Gasteiger partial charge in [-0.2, -0.15) is 18.4 Å². The van der Waals surface area contributed by atoms with Crippen LogP contribution in [0.1, 0.15) is 30.7 Å². The molecule has 2 aromatic heterocycles. The van der Waals surface area contributed by atoms with E-state index in [1.54, 1.807) is 0 Å². The Labute approximate surface area is 132 Å². The molecular formula is C17H18F3N3. The first-order valence-electron chi connectivity index (χ1n) is 7.68. The molecule has 2 atom stereocenters. The Kier molecular flexibility index (Phi) is 3.62. The molecule has 6 heteroatoms. The molecule has 0 aliphatic carbocycles. The van der Waals surface area contributed by atoms with Crippen LogP contribution in [0.5, 0.6) is 0 Å². The van der Waals surface area contributed by atoms with E-state index in [9.17, 15) is 18.4 Å². The first-order valence-corrected chi connectivity index (χ1v) is 7.68. The number of aromatic nitrogens is 2. The lowest BCUT2D eigenvalue weighted by Gasteiger charge is -2.32. The van der Waals surface area contributed by atoms with Gasteiger partial charge in [0.05, 0.1) is 17.6 Å². The second-order valence-electron chi connectivity index (χ2n) is 6.62. The fraction of sp³-hybridized carbons (Fsp3) is 0.529. The Bertz CT molecular complexity index is 796. The van der Waals surface area contributed by atoms with Crippen molar-refractivity contribution in [2.24, 2.45) is 17.8 Å². The Morgan fingerprint density at radius 3 is 2.65 bits per heavy atom. The maximum Gasteiger partial charge on any atom is 0.417 e. The number of halogens is 3. The van der Waals surface area contributed by atoms with Gasteiger partial charge in [0.15, 0.2) is 0 Å². The SMILES string of the molecule is Cc1c2n(c3ncc(C(F)(F)F)cc13)CC(C#N)C(C(C)C)C2. The van der Waals surface area contributed by atoms with Crippen LogP contribution in [0.25, 0.3) is 11.0 Å². The van der Waals surface area contributed by atoms with Gasteiger partial charge in [0.1, 0.15) is 5.65 Å². The predicted octanol–water partition coefficient (Wildman–Crippen LogP) is 4.33. The van der Waals surface area contributed by atoms with Crippen molar-refractivity contribution in [3.63, 3.8) is 0 Å². The maximum atomic E-state index is 12.9. The number of hydrogen-bond donors (Lipinski definition) is 0. The van der Waals surface area contributed by atoms with Gasteiger partial charge in [-0.25, -0.2) is 4.98 Å². The van der Waals surface area contributed by atoms with E-state index >= 15 is 0 Å². The maximum absolute atomic E-state index is 12.9. The van der Waals surface area contributed by atoms with E-state index in [0.717, 1.165) is 17.5 Å². The molecule has 1 aliphatic rings. The minimum atomic E-state index is -4.40. The Morgan fingerprint density at radius 2 is 2.09 bits per heavy atom. The second-order valence-corrected chi connectivity index (χ2v) is 6.62. The number of pyridine rings is 1. The van der Waals surface area contributed by atoms with Gasteiger partial charge in [-0.05, 0) is 36.8 Å². The summed E-state index contributed by atoms with van der Waals surface area (Å²) in [6.07, 6.45) is -2.81. The van der Waals surface area contributed by atoms with Crippen molar-refractivity contribution in [1.29, 1.82) is 5.26 Å². The van der Waals surface area contributed by atoms with E-state index in [-0.39, 0.29) is 11.8 Å². The zero-order valence-corrected chi connectivity index (χ0v) is 13.3. The van der Waals surface area contributed by atoms with Crippen molar-refractivity contribution < 1.29 is 13.2 Å². The van der Waals surface area contributed by atoms with Crippen LogP contribution >= 0.6 is 0 Å². The largest absolute Gasteiger partial charge is 0.417 e. The summed E-state index contributed by atoms with van der Waals surface area (Å²) in [5.74, 6) is 0.434. The predicted molar refractivity (Wildman–Crippen MR) is 80.6 cm³/mol. The highest BCUT2D eigenvalue weighted by Gasteiger charge is 2.35. The van der Waals surface area contributed by atoms with E-state index in [0.29, 0.717) is 29.9 Å². The lowest BCUT2D eigenvalue weighted by atomic mass is 9.78. The van der Waals surface area contributed by atoms with E-state index in [4.69, 9.17) is 0 Å². The van der Waals surface area contributed by atoms with Crippen LogP contribution in [0.2, 0.25) is 0 Å². The molecule has 122 valence electrons. The fourth-order valence-corrected chi connectivity index (χ4v) is 3.58. The Balaban J connectivity index is 2.17. The monoisotopic (exact) mass is 321 g/mol. The van der Waals surface area contributed by atoms with Gasteiger partial charge in [0.2, 0.25) is 0 Å². The van der Waals surface area contributed by atoms with Crippen LogP contribution in [0, 0.1) is 36.0 Å². The topological polar surface area (TPSA) is 41.6 Å². The highest BCUT2D eigenvalue weighted by molar-refractivity contribution is 5.83. The Morgan fingerprint density at radius 1 is 1.39 bits per heavy atom. The first kappa shape index (κ1) is 15.9. The molecule has 3 rings (SSSR count). The summed E-state index contributed by atoms with van der Waals surface area (Å²) in [6, 6.07) is 3.53. The van der Waals surface area contributed by atoms with Gasteiger partial charge in [-0.1, -0.05) is 13.8 Å². The number of rotatable bonds is 1. The van der Waals surface area contributed by atoms with Crippen LogP contribution in [-0.2, 0) is 19.1 Å². The molecule has 0 saturated carbocycles. The molecule has 0 bridgehead atoms. The third-order valence-electron chi connectivity index (χ3n) is 4.96. The zero-order chi connectivity index (χ0) is 16.9. The van der Waals surface area contributed by atoms with Crippen molar-refractivity contribution in [3.8, 4) is 6.07 Å². The lowest BCUT2D eigenvalue weighted by molar-refractivity contribution is -0.137. The van der Waals surface area contributed by atoms with Gasteiger partial charge in [0, 0.05) is 23.8 Å². The molecule has 1 aliphatic heterocycles. The van der Waals surface area contributed by atoms with Crippen molar-refractivity contribution in [1.82, 2.24) is 9.55 Å². The fourth-order valence-electron chi connectivity index (χ4n) is 3.58. The highest BCUT2D eigenvalue weighted by Crippen LogP contribution is 2.38. The summed E-state index contributed by atoms with van der Waals surface area (Å²) in [5.41, 5.74) is 1.68. The number of alkyl halides is 3. The van der Waals surface area contributed by atoms with E-state index < -0.39 is 11.7 Å². The lowest BCUT2D eigenvalue weighted by Crippen LogP contribution is -2.32. The van der Waals surface area contributed by atoms with Gasteiger partial charge in [-0.3, -0.25) is 0 Å². The molecular weight excluding hydrogens is 303 g/mol. The molecule has 0 amide bonds. The number of aryl methyl sites for hydroxylation is 1. The van der Waals surface area contributed by atoms with E-state index in [1.165, 1.54) is 6.07 Å². The third-order valence-corrected chi connectivity index (χ3v) is 4.96. The second kappa shape index (κ2) is 5.26. The molecule has 3 nitrogen and oxygen atoms in total. The van der Waals surface area contributed by atoms with Gasteiger partial charge in [-0.15, -0.1) is 0 Å². The molecule has 0 spiro atoms. The number of hydrogen-bond acceptors (Lipinski definition) is 2. The smallest absolute Gasteiger partial charge is 0.328 e. The molecule has 0 aromatic carbocycles. The third kappa shape index (κ3) is 2.48.